The van der Waals surface area contributed by atoms with Crippen LogP contribution in [0.15, 0.2) is 18.2 Å². The quantitative estimate of drug-likeness (QED) is 0.869. The van der Waals surface area contributed by atoms with Crippen LogP contribution in [0.2, 0.25) is 0 Å². The molecule has 2 nitrogen and oxygen atoms in total. The van der Waals surface area contributed by atoms with Crippen LogP contribution in [0, 0.1) is 11.2 Å². The summed E-state index contributed by atoms with van der Waals surface area (Å²) in [4.78, 5) is 0. The van der Waals surface area contributed by atoms with Gasteiger partial charge in [-0.05, 0) is 36.5 Å². The number of aliphatic hydroxyl groups is 1. The third kappa shape index (κ3) is 4.73. The summed E-state index contributed by atoms with van der Waals surface area (Å²) in [5.74, 6) is -0.170. The summed E-state index contributed by atoms with van der Waals surface area (Å²) in [5.41, 5.74) is 0.737. The summed E-state index contributed by atoms with van der Waals surface area (Å²) >= 11 is 0. The van der Waals surface area contributed by atoms with E-state index in [4.69, 9.17) is 4.74 Å². The highest BCUT2D eigenvalue weighted by Gasteiger charge is 2.12. The monoisotopic (exact) mass is 240 g/mol. The van der Waals surface area contributed by atoms with E-state index >= 15 is 0 Å². The molecule has 0 saturated heterocycles. The Balaban J connectivity index is 2.61. The predicted octanol–water partition coefficient (Wildman–Crippen LogP) is 3.69. The van der Waals surface area contributed by atoms with Crippen molar-refractivity contribution >= 4 is 0 Å². The average Bonchev–Trinajstić information content (AvgIpc) is 2.18. The zero-order chi connectivity index (χ0) is 13.1. The Kier molecular flexibility index (Phi) is 4.52. The van der Waals surface area contributed by atoms with Crippen molar-refractivity contribution in [2.75, 3.05) is 6.61 Å². The molecule has 3 heteroatoms. The van der Waals surface area contributed by atoms with Crippen LogP contribution in [-0.2, 0) is 0 Å². The molecule has 0 aliphatic heterocycles. The molecule has 0 spiro atoms. The third-order valence-corrected chi connectivity index (χ3v) is 2.55. The first kappa shape index (κ1) is 14.0. The van der Waals surface area contributed by atoms with Crippen molar-refractivity contribution in [3.63, 3.8) is 0 Å². The Morgan fingerprint density at radius 2 is 2.00 bits per heavy atom. The fourth-order valence-corrected chi connectivity index (χ4v) is 1.36. The van der Waals surface area contributed by atoms with Gasteiger partial charge in [0, 0.05) is 0 Å². The van der Waals surface area contributed by atoms with Crippen molar-refractivity contribution < 1.29 is 14.2 Å². The van der Waals surface area contributed by atoms with Crippen molar-refractivity contribution in [3.8, 4) is 5.75 Å². The Hall–Kier alpha value is -1.09. The summed E-state index contributed by atoms with van der Waals surface area (Å²) in [6.45, 7) is 8.44. The number of ether oxygens (including phenoxy) is 1. The van der Waals surface area contributed by atoms with Crippen LogP contribution in [0.4, 0.5) is 4.39 Å². The van der Waals surface area contributed by atoms with Crippen LogP contribution < -0.4 is 4.74 Å². The second-order valence-electron chi connectivity index (χ2n) is 5.52. The summed E-state index contributed by atoms with van der Waals surface area (Å²) in [5, 5.41) is 9.31. The van der Waals surface area contributed by atoms with Crippen molar-refractivity contribution in [2.24, 2.45) is 5.41 Å². The van der Waals surface area contributed by atoms with Crippen molar-refractivity contribution in [1.29, 1.82) is 0 Å². The highest BCUT2D eigenvalue weighted by molar-refractivity contribution is 5.30. The lowest BCUT2D eigenvalue weighted by molar-refractivity contribution is 0.198. The van der Waals surface area contributed by atoms with Crippen LogP contribution in [0.25, 0.3) is 0 Å². The fourth-order valence-electron chi connectivity index (χ4n) is 1.36. The number of benzene rings is 1. The van der Waals surface area contributed by atoms with E-state index in [0.29, 0.717) is 12.2 Å². The zero-order valence-corrected chi connectivity index (χ0v) is 11.0. The van der Waals surface area contributed by atoms with Gasteiger partial charge in [-0.2, -0.15) is 0 Å². The minimum Gasteiger partial charge on any atom is -0.490 e. The van der Waals surface area contributed by atoms with Crippen LogP contribution in [0.3, 0.4) is 0 Å². The van der Waals surface area contributed by atoms with E-state index in [1.54, 1.807) is 19.1 Å². The van der Waals surface area contributed by atoms with Crippen LogP contribution >= 0.6 is 0 Å². The van der Waals surface area contributed by atoms with E-state index in [2.05, 4.69) is 20.8 Å². The zero-order valence-electron chi connectivity index (χ0n) is 11.0. The van der Waals surface area contributed by atoms with Gasteiger partial charge in [-0.3, -0.25) is 0 Å². The average molecular weight is 240 g/mol. The van der Waals surface area contributed by atoms with Gasteiger partial charge in [0.15, 0.2) is 11.6 Å². The predicted molar refractivity (Wildman–Crippen MR) is 66.6 cm³/mol. The number of hydrogen-bond acceptors (Lipinski definition) is 2. The minimum absolute atomic E-state index is 0.177. The first-order valence-electron chi connectivity index (χ1n) is 5.90. The van der Waals surface area contributed by atoms with Gasteiger partial charge in [-0.15, -0.1) is 0 Å². The SMILES string of the molecule is C[C@H](O)c1ccc(OCCC(C)(C)C)c(F)c1. The molecule has 0 fully saturated rings. The maximum absolute atomic E-state index is 13.6. The molecule has 0 amide bonds. The molecule has 1 N–H and O–H groups in total. The topological polar surface area (TPSA) is 29.5 Å². The van der Waals surface area contributed by atoms with Gasteiger partial charge in [0.1, 0.15) is 0 Å². The van der Waals surface area contributed by atoms with Crippen molar-refractivity contribution in [3.05, 3.63) is 29.6 Å². The smallest absolute Gasteiger partial charge is 0.165 e. The van der Waals surface area contributed by atoms with Crippen molar-refractivity contribution in [1.82, 2.24) is 0 Å². The number of halogens is 1. The molecule has 1 aromatic rings. The fraction of sp³-hybridized carbons (Fsp3) is 0.571. The molecule has 17 heavy (non-hydrogen) atoms. The summed E-state index contributed by atoms with van der Waals surface area (Å²) in [6.07, 6.45) is 0.207. The molecule has 1 atom stereocenters. The van der Waals surface area contributed by atoms with E-state index in [9.17, 15) is 9.50 Å². The van der Waals surface area contributed by atoms with E-state index in [0.717, 1.165) is 6.42 Å². The van der Waals surface area contributed by atoms with Gasteiger partial charge >= 0.3 is 0 Å². The third-order valence-electron chi connectivity index (χ3n) is 2.55. The van der Waals surface area contributed by atoms with Gasteiger partial charge in [-0.1, -0.05) is 26.8 Å². The van der Waals surface area contributed by atoms with E-state index in [-0.39, 0.29) is 11.2 Å². The molecule has 1 aromatic carbocycles. The Morgan fingerprint density at radius 3 is 2.47 bits per heavy atom. The molecule has 0 heterocycles. The molecule has 0 radical (unpaired) electrons. The van der Waals surface area contributed by atoms with Gasteiger partial charge in [0.25, 0.3) is 0 Å². The molecule has 0 aliphatic rings. The normalized spacial score (nSPS) is 13.5. The largest absolute Gasteiger partial charge is 0.490 e. The molecule has 1 rings (SSSR count). The Bertz CT molecular complexity index is 367. The molecule has 0 bridgehead atoms. The number of aliphatic hydroxyl groups excluding tert-OH is 1. The minimum atomic E-state index is -0.659. The second-order valence-corrected chi connectivity index (χ2v) is 5.52. The summed E-state index contributed by atoms with van der Waals surface area (Å²) in [7, 11) is 0. The van der Waals surface area contributed by atoms with Crippen LogP contribution in [0.1, 0.15) is 45.8 Å². The summed E-state index contributed by atoms with van der Waals surface area (Å²) in [6, 6.07) is 4.57. The second kappa shape index (κ2) is 5.50. The first-order valence-corrected chi connectivity index (χ1v) is 5.90. The first-order chi connectivity index (χ1) is 7.79. The lowest BCUT2D eigenvalue weighted by Crippen LogP contribution is -2.11. The van der Waals surface area contributed by atoms with Gasteiger partial charge in [-0.25, -0.2) is 4.39 Å². The molecule has 0 aromatic heterocycles. The molecular weight excluding hydrogens is 219 g/mol. The van der Waals surface area contributed by atoms with E-state index in [1.165, 1.54) is 6.07 Å². The highest BCUT2D eigenvalue weighted by atomic mass is 19.1. The Labute approximate surface area is 102 Å². The maximum atomic E-state index is 13.6. The van der Waals surface area contributed by atoms with E-state index < -0.39 is 11.9 Å². The lowest BCUT2D eigenvalue weighted by Gasteiger charge is -2.18. The molecule has 0 unspecified atom stereocenters. The van der Waals surface area contributed by atoms with Gasteiger partial charge in [0.2, 0.25) is 0 Å². The van der Waals surface area contributed by atoms with Crippen molar-refractivity contribution in [2.45, 2.75) is 40.2 Å². The molecule has 0 aliphatic carbocycles. The molecule has 0 saturated carbocycles. The van der Waals surface area contributed by atoms with E-state index in [1.807, 2.05) is 0 Å². The number of hydrogen-bond donors (Lipinski definition) is 1. The summed E-state index contributed by atoms with van der Waals surface area (Å²) < 4.78 is 19.0. The van der Waals surface area contributed by atoms with Crippen LogP contribution in [0.5, 0.6) is 5.75 Å². The Morgan fingerprint density at radius 1 is 1.35 bits per heavy atom. The maximum Gasteiger partial charge on any atom is 0.165 e. The lowest BCUT2D eigenvalue weighted by atomic mass is 9.93. The van der Waals surface area contributed by atoms with Crippen LogP contribution in [-0.4, -0.2) is 11.7 Å². The van der Waals surface area contributed by atoms with Gasteiger partial charge in [0.05, 0.1) is 12.7 Å². The standard InChI is InChI=1S/C14H21FO2/c1-10(16)11-5-6-13(12(15)9-11)17-8-7-14(2,3)4/h5-6,9-10,16H,7-8H2,1-4H3/t10-/m0/s1. The number of rotatable bonds is 4. The molecule has 96 valence electrons. The van der Waals surface area contributed by atoms with Gasteiger partial charge < -0.3 is 9.84 Å². The molecular formula is C14H21FO2. The highest BCUT2D eigenvalue weighted by Crippen LogP contribution is 2.24.